The third-order valence-electron chi connectivity index (χ3n) is 5.13. The number of carbonyl (C=O) groups excluding carboxylic acids is 1. The lowest BCUT2D eigenvalue weighted by Crippen LogP contribution is -2.50. The number of benzene rings is 2. The predicted molar refractivity (Wildman–Crippen MR) is 113 cm³/mol. The molecule has 1 fully saturated rings. The summed E-state index contributed by atoms with van der Waals surface area (Å²) in [6.07, 6.45) is -1.89. The second-order valence-corrected chi connectivity index (χ2v) is 7.18. The summed E-state index contributed by atoms with van der Waals surface area (Å²) in [4.78, 5) is 16.1. The molecule has 2 aromatic rings. The molecule has 1 saturated heterocycles. The first-order chi connectivity index (χ1) is 14.8. The molecule has 166 valence electrons. The monoisotopic (exact) mass is 434 g/mol. The Hall–Kier alpha value is -3.16. The molecule has 1 aliphatic rings. The number of amides is 1. The molecule has 1 amide bonds. The van der Waals surface area contributed by atoms with Gasteiger partial charge in [-0.15, -0.1) is 6.58 Å². The number of alkyl halides is 3. The van der Waals surface area contributed by atoms with E-state index < -0.39 is 11.7 Å². The lowest BCUT2D eigenvalue weighted by Gasteiger charge is -2.36. The Morgan fingerprint density at radius 2 is 1.84 bits per heavy atom. The molecule has 0 aliphatic carbocycles. The van der Waals surface area contributed by atoms with Crippen molar-refractivity contribution in [1.29, 1.82) is 0 Å². The third kappa shape index (κ3) is 5.71. The van der Waals surface area contributed by atoms with Gasteiger partial charge in [0.05, 0.1) is 12.7 Å². The minimum atomic E-state index is -4.38. The van der Waals surface area contributed by atoms with Crippen LogP contribution in [0.3, 0.4) is 0 Å². The van der Waals surface area contributed by atoms with Gasteiger partial charge in [-0.1, -0.05) is 18.2 Å². The maximum absolute atomic E-state index is 12.9. The molecule has 8 heteroatoms. The van der Waals surface area contributed by atoms with Crippen molar-refractivity contribution in [2.45, 2.75) is 12.6 Å². The lowest BCUT2D eigenvalue weighted by atomic mass is 10.1. The number of hydrogen-bond donors (Lipinski definition) is 0. The van der Waals surface area contributed by atoms with Gasteiger partial charge in [0.15, 0.2) is 18.1 Å². The number of carbonyl (C=O) groups is 1. The van der Waals surface area contributed by atoms with Crippen LogP contribution in [0, 0.1) is 0 Å². The number of hydrogen-bond acceptors (Lipinski definition) is 4. The minimum Gasteiger partial charge on any atom is -0.493 e. The summed E-state index contributed by atoms with van der Waals surface area (Å²) in [5.41, 5.74) is 0.851. The molecule has 0 spiro atoms. The van der Waals surface area contributed by atoms with E-state index in [1.165, 1.54) is 13.2 Å². The highest BCUT2D eigenvalue weighted by Crippen LogP contribution is 2.32. The summed E-state index contributed by atoms with van der Waals surface area (Å²) in [7, 11) is 1.54. The number of methoxy groups -OCH3 is 1. The van der Waals surface area contributed by atoms with Crippen LogP contribution in [0.1, 0.15) is 11.1 Å². The van der Waals surface area contributed by atoms with Gasteiger partial charge >= 0.3 is 6.18 Å². The van der Waals surface area contributed by atoms with Crippen LogP contribution < -0.4 is 14.4 Å². The second kappa shape index (κ2) is 9.76. The number of nitrogens with zero attached hydrogens (tertiary/aromatic N) is 2. The SMILES string of the molecule is C=CCc1ccc(OCC(=O)N2CCN(c3cccc(C(F)(F)F)c3)CC2)c(OC)c1. The zero-order chi connectivity index (χ0) is 22.4. The largest absolute Gasteiger partial charge is 0.493 e. The molecule has 0 unspecified atom stereocenters. The average molecular weight is 434 g/mol. The molecule has 0 bridgehead atoms. The van der Waals surface area contributed by atoms with Crippen molar-refractivity contribution in [2.75, 3.05) is 44.8 Å². The van der Waals surface area contributed by atoms with E-state index in [4.69, 9.17) is 9.47 Å². The summed E-state index contributed by atoms with van der Waals surface area (Å²) in [6, 6.07) is 10.7. The Morgan fingerprint density at radius 3 is 2.48 bits per heavy atom. The van der Waals surface area contributed by atoms with E-state index in [-0.39, 0.29) is 12.5 Å². The first-order valence-electron chi connectivity index (χ1n) is 9.92. The van der Waals surface area contributed by atoms with Crippen LogP contribution in [0.4, 0.5) is 18.9 Å². The van der Waals surface area contributed by atoms with Crippen molar-refractivity contribution in [2.24, 2.45) is 0 Å². The molecule has 0 N–H and O–H groups in total. The zero-order valence-electron chi connectivity index (χ0n) is 17.3. The van der Waals surface area contributed by atoms with Crippen molar-refractivity contribution in [1.82, 2.24) is 4.90 Å². The Labute approximate surface area is 179 Å². The fraction of sp³-hybridized carbons (Fsp3) is 0.348. The average Bonchev–Trinajstić information content (AvgIpc) is 2.77. The first-order valence-corrected chi connectivity index (χ1v) is 9.92. The lowest BCUT2D eigenvalue weighted by molar-refractivity contribution is -0.137. The van der Waals surface area contributed by atoms with Crippen molar-refractivity contribution < 1.29 is 27.4 Å². The molecule has 0 saturated carbocycles. The van der Waals surface area contributed by atoms with Crippen LogP contribution in [0.25, 0.3) is 0 Å². The van der Waals surface area contributed by atoms with E-state index in [0.29, 0.717) is 49.8 Å². The molecule has 0 atom stereocenters. The van der Waals surface area contributed by atoms with E-state index in [0.717, 1.165) is 17.7 Å². The Kier molecular flexibility index (Phi) is 7.09. The number of anilines is 1. The molecule has 0 aromatic heterocycles. The summed E-state index contributed by atoms with van der Waals surface area (Å²) in [5, 5.41) is 0. The van der Waals surface area contributed by atoms with Crippen molar-refractivity contribution >= 4 is 11.6 Å². The van der Waals surface area contributed by atoms with Gasteiger partial charge in [-0.3, -0.25) is 4.79 Å². The maximum Gasteiger partial charge on any atom is 0.416 e. The molecule has 3 rings (SSSR count). The number of allylic oxidation sites excluding steroid dienone is 1. The Bertz CT molecular complexity index is 923. The summed E-state index contributed by atoms with van der Waals surface area (Å²) in [5.74, 6) is 0.841. The van der Waals surface area contributed by atoms with Crippen molar-refractivity contribution in [3.05, 3.63) is 66.2 Å². The minimum absolute atomic E-state index is 0.138. The van der Waals surface area contributed by atoms with E-state index in [9.17, 15) is 18.0 Å². The highest BCUT2D eigenvalue weighted by atomic mass is 19.4. The number of piperazine rings is 1. The highest BCUT2D eigenvalue weighted by Gasteiger charge is 2.31. The Balaban J connectivity index is 1.55. The quantitative estimate of drug-likeness (QED) is 0.614. The topological polar surface area (TPSA) is 42.0 Å². The fourth-order valence-electron chi connectivity index (χ4n) is 3.45. The normalized spacial score (nSPS) is 14.3. The van der Waals surface area contributed by atoms with Gasteiger partial charge in [-0.2, -0.15) is 13.2 Å². The second-order valence-electron chi connectivity index (χ2n) is 7.18. The van der Waals surface area contributed by atoms with E-state index >= 15 is 0 Å². The molecular weight excluding hydrogens is 409 g/mol. The fourth-order valence-corrected chi connectivity index (χ4v) is 3.45. The van der Waals surface area contributed by atoms with Crippen LogP contribution >= 0.6 is 0 Å². The number of rotatable bonds is 7. The zero-order valence-corrected chi connectivity index (χ0v) is 17.3. The van der Waals surface area contributed by atoms with E-state index in [2.05, 4.69) is 6.58 Å². The van der Waals surface area contributed by atoms with Crippen molar-refractivity contribution in [3.63, 3.8) is 0 Å². The van der Waals surface area contributed by atoms with Gasteiger partial charge < -0.3 is 19.3 Å². The van der Waals surface area contributed by atoms with Gasteiger partial charge in [0, 0.05) is 31.9 Å². The van der Waals surface area contributed by atoms with Gasteiger partial charge in [0.25, 0.3) is 5.91 Å². The molecule has 0 radical (unpaired) electrons. The predicted octanol–water partition coefficient (Wildman–Crippen LogP) is 4.17. The van der Waals surface area contributed by atoms with E-state index in [1.54, 1.807) is 23.1 Å². The third-order valence-corrected chi connectivity index (χ3v) is 5.13. The summed E-state index contributed by atoms with van der Waals surface area (Å²) < 4.78 is 49.8. The Morgan fingerprint density at radius 1 is 1.10 bits per heavy atom. The van der Waals surface area contributed by atoms with Crippen LogP contribution in [-0.2, 0) is 17.4 Å². The number of ether oxygens (including phenoxy) is 2. The van der Waals surface area contributed by atoms with Gasteiger partial charge in [-0.05, 0) is 42.3 Å². The molecule has 31 heavy (non-hydrogen) atoms. The van der Waals surface area contributed by atoms with Crippen LogP contribution in [0.5, 0.6) is 11.5 Å². The van der Waals surface area contributed by atoms with Gasteiger partial charge in [-0.25, -0.2) is 0 Å². The van der Waals surface area contributed by atoms with Gasteiger partial charge in [0.2, 0.25) is 0 Å². The molecule has 5 nitrogen and oxygen atoms in total. The maximum atomic E-state index is 12.9. The van der Waals surface area contributed by atoms with Crippen molar-refractivity contribution in [3.8, 4) is 11.5 Å². The summed E-state index contributed by atoms with van der Waals surface area (Å²) >= 11 is 0. The molecular formula is C23H25F3N2O3. The molecule has 1 heterocycles. The highest BCUT2D eigenvalue weighted by molar-refractivity contribution is 5.78. The summed E-state index contributed by atoms with van der Waals surface area (Å²) in [6.45, 7) is 5.29. The first kappa shape index (κ1) is 22.5. The van der Waals surface area contributed by atoms with Crippen LogP contribution in [0.15, 0.2) is 55.1 Å². The van der Waals surface area contributed by atoms with E-state index in [1.807, 2.05) is 17.0 Å². The van der Waals surface area contributed by atoms with Crippen LogP contribution in [-0.4, -0.2) is 50.7 Å². The molecule has 2 aromatic carbocycles. The smallest absolute Gasteiger partial charge is 0.416 e. The molecule has 1 aliphatic heterocycles. The number of halogens is 3. The van der Waals surface area contributed by atoms with Crippen LogP contribution in [0.2, 0.25) is 0 Å². The van der Waals surface area contributed by atoms with Gasteiger partial charge in [0.1, 0.15) is 0 Å². The standard InChI is InChI=1S/C23H25F3N2O3/c1-3-5-17-8-9-20(21(14-17)30-2)31-16-22(29)28-12-10-27(11-13-28)19-7-4-6-18(15-19)23(24,25)26/h3-4,6-9,14-15H,1,5,10-13,16H2,2H3.